The maximum absolute atomic E-state index is 12.8. The number of nitrogens with one attached hydrogen (secondary N) is 1. The van der Waals surface area contributed by atoms with E-state index >= 15 is 0 Å². The topological polar surface area (TPSA) is 84.9 Å². The Labute approximate surface area is 177 Å². The highest BCUT2D eigenvalue weighted by molar-refractivity contribution is 5.98. The molecule has 0 saturated heterocycles. The molecule has 0 aromatic heterocycles. The van der Waals surface area contributed by atoms with E-state index in [1.807, 2.05) is 32.0 Å². The summed E-state index contributed by atoms with van der Waals surface area (Å²) in [6.07, 6.45) is 2.37. The molecular formula is C24H29NO5. The number of ether oxygens (including phenoxy) is 2. The zero-order valence-corrected chi connectivity index (χ0v) is 17.7. The number of carbonyl (C=O) groups excluding carboxylic acids is 1. The Morgan fingerprint density at radius 3 is 2.63 bits per heavy atom. The van der Waals surface area contributed by atoms with Crippen molar-refractivity contribution in [1.82, 2.24) is 5.32 Å². The van der Waals surface area contributed by atoms with Crippen LogP contribution in [0.1, 0.15) is 47.7 Å². The lowest BCUT2D eigenvalue weighted by Crippen LogP contribution is -2.52. The summed E-state index contributed by atoms with van der Waals surface area (Å²) in [6, 6.07) is 13.1. The molecule has 2 aromatic rings. The molecule has 0 aliphatic heterocycles. The van der Waals surface area contributed by atoms with Crippen LogP contribution in [-0.4, -0.2) is 36.2 Å². The average molecular weight is 411 g/mol. The van der Waals surface area contributed by atoms with Crippen molar-refractivity contribution in [3.8, 4) is 11.5 Å². The van der Waals surface area contributed by atoms with Gasteiger partial charge in [-0.3, -0.25) is 4.79 Å². The van der Waals surface area contributed by atoms with Crippen molar-refractivity contribution in [2.45, 2.75) is 45.1 Å². The fraction of sp³-hybridized carbons (Fsp3) is 0.417. The molecule has 1 aliphatic carbocycles. The first-order valence-corrected chi connectivity index (χ1v) is 10.3. The van der Waals surface area contributed by atoms with Crippen LogP contribution in [-0.2, 0) is 11.2 Å². The highest BCUT2D eigenvalue weighted by Gasteiger charge is 2.45. The number of carbonyl (C=O) groups is 2. The number of methoxy groups -OCH3 is 1. The third kappa shape index (κ3) is 4.93. The quantitative estimate of drug-likeness (QED) is 0.686. The lowest BCUT2D eigenvalue weighted by molar-refractivity contribution is -0.144. The second kappa shape index (κ2) is 9.20. The predicted molar refractivity (Wildman–Crippen MR) is 114 cm³/mol. The molecule has 2 unspecified atom stereocenters. The molecule has 6 nitrogen and oxygen atoms in total. The van der Waals surface area contributed by atoms with Crippen molar-refractivity contribution in [3.05, 3.63) is 59.2 Å². The molecule has 1 fully saturated rings. The summed E-state index contributed by atoms with van der Waals surface area (Å²) in [5, 5.41) is 12.5. The Morgan fingerprint density at radius 1 is 1.20 bits per heavy atom. The van der Waals surface area contributed by atoms with E-state index in [0.29, 0.717) is 36.5 Å². The van der Waals surface area contributed by atoms with Gasteiger partial charge in [-0.05, 0) is 55.9 Å². The first-order chi connectivity index (χ1) is 14.3. The van der Waals surface area contributed by atoms with Crippen LogP contribution in [0.25, 0.3) is 0 Å². The third-order valence-corrected chi connectivity index (χ3v) is 5.68. The summed E-state index contributed by atoms with van der Waals surface area (Å²) in [5.41, 5.74) is 1.50. The largest absolute Gasteiger partial charge is 0.493 e. The van der Waals surface area contributed by atoms with Crippen molar-refractivity contribution in [1.29, 1.82) is 0 Å². The number of carboxylic acids is 1. The Kier molecular flexibility index (Phi) is 6.65. The van der Waals surface area contributed by atoms with E-state index < -0.39 is 17.4 Å². The first-order valence-electron chi connectivity index (χ1n) is 10.3. The lowest BCUT2D eigenvalue weighted by Gasteiger charge is -2.26. The smallest absolute Gasteiger partial charge is 0.329 e. The molecule has 0 heterocycles. The Balaban J connectivity index is 1.71. The van der Waals surface area contributed by atoms with Gasteiger partial charge in [0, 0.05) is 12.0 Å². The van der Waals surface area contributed by atoms with Crippen molar-refractivity contribution in [2.75, 3.05) is 13.7 Å². The van der Waals surface area contributed by atoms with E-state index in [2.05, 4.69) is 11.4 Å². The summed E-state index contributed by atoms with van der Waals surface area (Å²) < 4.78 is 11.3. The molecule has 1 saturated carbocycles. The fourth-order valence-electron chi connectivity index (χ4n) is 4.02. The van der Waals surface area contributed by atoms with Crippen LogP contribution in [0, 0.1) is 12.8 Å². The van der Waals surface area contributed by atoms with Crippen LogP contribution < -0.4 is 14.8 Å². The van der Waals surface area contributed by atoms with Gasteiger partial charge in [0.1, 0.15) is 5.54 Å². The number of amides is 1. The molecule has 0 radical (unpaired) electrons. The van der Waals surface area contributed by atoms with E-state index in [4.69, 9.17) is 9.47 Å². The van der Waals surface area contributed by atoms with Crippen molar-refractivity contribution in [3.63, 3.8) is 0 Å². The number of hydrogen-bond acceptors (Lipinski definition) is 4. The second-order valence-corrected chi connectivity index (χ2v) is 8.14. The van der Waals surface area contributed by atoms with Gasteiger partial charge < -0.3 is 19.9 Å². The normalized spacial score (nSPS) is 20.6. The molecule has 6 heteroatoms. The van der Waals surface area contributed by atoms with Crippen LogP contribution in [0.3, 0.4) is 0 Å². The van der Waals surface area contributed by atoms with Crippen LogP contribution in [0.2, 0.25) is 0 Å². The molecule has 0 spiro atoms. The highest BCUT2D eigenvalue weighted by Crippen LogP contribution is 2.35. The molecule has 3 rings (SSSR count). The SMILES string of the molecule is COc1ccc(C(=O)NC2(C(=O)O)CCC(C)C2)cc1OCCc1cccc(C)c1. The zero-order chi connectivity index (χ0) is 21.7. The number of aryl methyl sites for hydroxylation is 1. The number of carboxylic acid groups (broad SMARTS) is 1. The van der Waals surface area contributed by atoms with E-state index in [1.165, 1.54) is 11.1 Å². The molecule has 2 N–H and O–H groups in total. The first kappa shape index (κ1) is 21.7. The molecule has 1 amide bonds. The van der Waals surface area contributed by atoms with Crippen molar-refractivity contribution >= 4 is 11.9 Å². The molecule has 1 aliphatic rings. The van der Waals surface area contributed by atoms with Crippen LogP contribution in [0.4, 0.5) is 0 Å². The fourth-order valence-corrected chi connectivity index (χ4v) is 4.02. The van der Waals surface area contributed by atoms with Gasteiger partial charge in [0.05, 0.1) is 13.7 Å². The minimum atomic E-state index is -1.21. The van der Waals surface area contributed by atoms with Gasteiger partial charge in [0.15, 0.2) is 11.5 Å². The van der Waals surface area contributed by atoms with E-state index in [-0.39, 0.29) is 5.92 Å². The zero-order valence-electron chi connectivity index (χ0n) is 17.7. The Hall–Kier alpha value is -3.02. The second-order valence-electron chi connectivity index (χ2n) is 8.14. The molecule has 160 valence electrons. The molecule has 2 atom stereocenters. The molecule has 2 aromatic carbocycles. The highest BCUT2D eigenvalue weighted by atomic mass is 16.5. The van der Waals surface area contributed by atoms with Crippen molar-refractivity contribution < 1.29 is 24.2 Å². The van der Waals surface area contributed by atoms with Gasteiger partial charge in [0.2, 0.25) is 0 Å². The van der Waals surface area contributed by atoms with Gasteiger partial charge in [-0.2, -0.15) is 0 Å². The average Bonchev–Trinajstić information content (AvgIpc) is 3.09. The van der Waals surface area contributed by atoms with E-state index in [9.17, 15) is 14.7 Å². The standard InChI is InChI=1S/C24H29NO5/c1-16-5-4-6-18(13-16)10-12-30-21-14-19(7-8-20(21)29-3)22(26)25-24(23(27)28)11-9-17(2)15-24/h4-8,13-14,17H,9-12,15H2,1-3H3,(H,25,26)(H,27,28). The summed E-state index contributed by atoms with van der Waals surface area (Å²) in [6.45, 7) is 4.48. The molecular weight excluding hydrogens is 382 g/mol. The number of aliphatic carboxylic acids is 1. The van der Waals surface area contributed by atoms with E-state index in [1.54, 1.807) is 25.3 Å². The summed E-state index contributed by atoms with van der Waals surface area (Å²) in [7, 11) is 1.54. The van der Waals surface area contributed by atoms with Gasteiger partial charge >= 0.3 is 5.97 Å². The minimum absolute atomic E-state index is 0.262. The Bertz CT molecular complexity index is 926. The molecule has 30 heavy (non-hydrogen) atoms. The number of hydrogen-bond donors (Lipinski definition) is 2. The molecule has 0 bridgehead atoms. The van der Waals surface area contributed by atoms with Crippen LogP contribution >= 0.6 is 0 Å². The van der Waals surface area contributed by atoms with Gasteiger partial charge in [0.25, 0.3) is 5.91 Å². The number of benzene rings is 2. The summed E-state index contributed by atoms with van der Waals surface area (Å²) >= 11 is 0. The van der Waals surface area contributed by atoms with Crippen LogP contribution in [0.15, 0.2) is 42.5 Å². The third-order valence-electron chi connectivity index (χ3n) is 5.68. The monoisotopic (exact) mass is 411 g/mol. The van der Waals surface area contributed by atoms with Gasteiger partial charge in [-0.25, -0.2) is 4.79 Å². The van der Waals surface area contributed by atoms with Gasteiger partial charge in [-0.1, -0.05) is 36.8 Å². The maximum atomic E-state index is 12.8. The van der Waals surface area contributed by atoms with Crippen LogP contribution in [0.5, 0.6) is 11.5 Å². The lowest BCUT2D eigenvalue weighted by atomic mass is 9.95. The minimum Gasteiger partial charge on any atom is -0.493 e. The predicted octanol–water partition coefficient (Wildman–Crippen LogP) is 4.00. The maximum Gasteiger partial charge on any atom is 0.329 e. The summed E-state index contributed by atoms with van der Waals surface area (Å²) in [4.78, 5) is 24.7. The van der Waals surface area contributed by atoms with E-state index in [0.717, 1.165) is 12.8 Å². The van der Waals surface area contributed by atoms with Gasteiger partial charge in [-0.15, -0.1) is 0 Å². The Morgan fingerprint density at radius 2 is 2.00 bits per heavy atom. The van der Waals surface area contributed by atoms with Crippen molar-refractivity contribution in [2.24, 2.45) is 5.92 Å². The number of rotatable bonds is 8. The summed E-state index contributed by atoms with van der Waals surface area (Å²) in [5.74, 6) is -0.154.